The van der Waals surface area contributed by atoms with E-state index < -0.39 is 12.0 Å². The molecule has 1 fully saturated rings. The Labute approximate surface area is 101 Å². The second-order valence-corrected chi connectivity index (χ2v) is 4.50. The molecule has 0 spiro atoms. The van der Waals surface area contributed by atoms with Gasteiger partial charge in [-0.2, -0.15) is 0 Å². The van der Waals surface area contributed by atoms with Gasteiger partial charge in [0, 0.05) is 19.5 Å². The summed E-state index contributed by atoms with van der Waals surface area (Å²) in [7, 11) is 1.76. The third-order valence-corrected chi connectivity index (χ3v) is 3.39. The van der Waals surface area contributed by atoms with E-state index in [0.717, 1.165) is 5.56 Å². The van der Waals surface area contributed by atoms with Crippen LogP contribution in [0, 0.1) is 11.8 Å². The normalized spacial score (nSPS) is 26.0. The fourth-order valence-electron chi connectivity index (χ4n) is 2.41. The minimum absolute atomic E-state index is 0.00810. The number of amides is 1. The average molecular weight is 231 g/mol. The second kappa shape index (κ2) is 4.72. The molecule has 0 bridgehead atoms. The minimum atomic E-state index is -0.753. The Balaban J connectivity index is 2.26. The van der Waals surface area contributed by atoms with Crippen molar-refractivity contribution in [1.82, 2.24) is 4.90 Å². The Bertz CT molecular complexity index is 415. The first-order valence-corrected chi connectivity index (χ1v) is 5.75. The Morgan fingerprint density at radius 3 is 2.71 bits per heavy atom. The van der Waals surface area contributed by atoms with Crippen LogP contribution in [0.1, 0.15) is 11.7 Å². The highest BCUT2D eigenvalue weighted by Crippen LogP contribution is 2.35. The van der Waals surface area contributed by atoms with Crippen LogP contribution in [0.2, 0.25) is 0 Å². The Kier molecular flexibility index (Phi) is 3.29. The number of benzene rings is 1. The van der Waals surface area contributed by atoms with E-state index in [0.29, 0.717) is 6.54 Å². The molecule has 2 rings (SSSR count). The van der Waals surface area contributed by atoms with E-state index in [2.05, 4.69) is 6.58 Å². The van der Waals surface area contributed by atoms with Crippen LogP contribution in [0.25, 0.3) is 0 Å². The van der Waals surface area contributed by atoms with Crippen molar-refractivity contribution in [2.75, 3.05) is 13.6 Å². The van der Waals surface area contributed by atoms with E-state index >= 15 is 0 Å². The van der Waals surface area contributed by atoms with Crippen molar-refractivity contribution in [2.24, 2.45) is 11.8 Å². The van der Waals surface area contributed by atoms with Crippen LogP contribution >= 0.6 is 0 Å². The molecule has 0 unspecified atom stereocenters. The van der Waals surface area contributed by atoms with Gasteiger partial charge in [-0.15, -0.1) is 6.58 Å². The van der Waals surface area contributed by atoms with Crippen LogP contribution in [0.3, 0.4) is 0 Å². The van der Waals surface area contributed by atoms with Crippen molar-refractivity contribution in [3.05, 3.63) is 48.6 Å². The molecule has 17 heavy (non-hydrogen) atoms. The van der Waals surface area contributed by atoms with Crippen LogP contribution in [0.15, 0.2) is 43.0 Å². The van der Waals surface area contributed by atoms with Crippen LogP contribution in [-0.4, -0.2) is 29.5 Å². The standard InChI is InChI=1S/C14H17NO2/c1-3-10-9-15(2)14(17)12(10)13(16)11-7-5-4-6-8-11/h3-8,10,12-13,16H,1,9H2,2H3/t10-,12-,13-/m1/s1. The number of carbonyl (C=O) groups excluding carboxylic acids is 1. The van der Waals surface area contributed by atoms with Crippen molar-refractivity contribution in [1.29, 1.82) is 0 Å². The molecule has 1 aromatic carbocycles. The lowest BCUT2D eigenvalue weighted by Crippen LogP contribution is -2.27. The largest absolute Gasteiger partial charge is 0.388 e. The molecule has 3 atom stereocenters. The summed E-state index contributed by atoms with van der Waals surface area (Å²) in [5.41, 5.74) is 0.785. The lowest BCUT2D eigenvalue weighted by molar-refractivity contribution is -0.133. The lowest BCUT2D eigenvalue weighted by atomic mass is 9.86. The zero-order valence-corrected chi connectivity index (χ0v) is 9.91. The van der Waals surface area contributed by atoms with Crippen molar-refractivity contribution in [2.45, 2.75) is 6.10 Å². The molecule has 1 saturated heterocycles. The molecule has 0 radical (unpaired) electrons. The predicted octanol–water partition coefficient (Wildman–Crippen LogP) is 1.61. The Morgan fingerprint density at radius 1 is 1.47 bits per heavy atom. The summed E-state index contributed by atoms with van der Waals surface area (Å²) in [4.78, 5) is 13.7. The quantitative estimate of drug-likeness (QED) is 0.803. The van der Waals surface area contributed by atoms with Crippen LogP contribution in [0.4, 0.5) is 0 Å². The highest BCUT2D eigenvalue weighted by molar-refractivity contribution is 5.82. The van der Waals surface area contributed by atoms with Gasteiger partial charge < -0.3 is 10.0 Å². The third kappa shape index (κ3) is 2.11. The molecule has 0 saturated carbocycles. The summed E-state index contributed by atoms with van der Waals surface area (Å²) >= 11 is 0. The number of nitrogens with zero attached hydrogens (tertiary/aromatic N) is 1. The zero-order chi connectivity index (χ0) is 12.4. The third-order valence-electron chi connectivity index (χ3n) is 3.39. The number of hydrogen-bond acceptors (Lipinski definition) is 2. The molecule has 1 aliphatic heterocycles. The fourth-order valence-corrected chi connectivity index (χ4v) is 2.41. The predicted molar refractivity (Wildman–Crippen MR) is 66.2 cm³/mol. The summed E-state index contributed by atoms with van der Waals surface area (Å²) < 4.78 is 0. The van der Waals surface area contributed by atoms with Gasteiger partial charge >= 0.3 is 0 Å². The topological polar surface area (TPSA) is 40.5 Å². The number of aliphatic hydroxyl groups is 1. The van der Waals surface area contributed by atoms with E-state index in [1.807, 2.05) is 30.3 Å². The summed E-state index contributed by atoms with van der Waals surface area (Å²) in [6.45, 7) is 4.38. The van der Waals surface area contributed by atoms with Crippen molar-refractivity contribution in [3.8, 4) is 0 Å². The van der Waals surface area contributed by atoms with E-state index in [1.54, 1.807) is 18.0 Å². The molecule has 1 amide bonds. The van der Waals surface area contributed by atoms with Gasteiger partial charge in [0.25, 0.3) is 0 Å². The van der Waals surface area contributed by atoms with Gasteiger partial charge in [-0.05, 0) is 5.56 Å². The highest BCUT2D eigenvalue weighted by atomic mass is 16.3. The van der Waals surface area contributed by atoms with Gasteiger partial charge in [-0.1, -0.05) is 36.4 Å². The molecular formula is C14H17NO2. The Morgan fingerprint density at radius 2 is 2.12 bits per heavy atom. The summed E-state index contributed by atoms with van der Waals surface area (Å²) in [6, 6.07) is 9.31. The molecule has 0 aromatic heterocycles. The first-order valence-electron chi connectivity index (χ1n) is 5.75. The number of aliphatic hydroxyl groups excluding tert-OH is 1. The zero-order valence-electron chi connectivity index (χ0n) is 9.91. The maximum absolute atomic E-state index is 12.0. The van der Waals surface area contributed by atoms with E-state index in [1.165, 1.54) is 0 Å². The van der Waals surface area contributed by atoms with Gasteiger partial charge in [-0.25, -0.2) is 0 Å². The van der Waals surface area contributed by atoms with Gasteiger partial charge in [-0.3, -0.25) is 4.79 Å². The minimum Gasteiger partial charge on any atom is -0.388 e. The molecule has 1 aromatic rings. The molecule has 1 aliphatic rings. The molecule has 1 N–H and O–H groups in total. The highest BCUT2D eigenvalue weighted by Gasteiger charge is 2.41. The maximum atomic E-state index is 12.0. The molecule has 1 heterocycles. The fraction of sp³-hybridized carbons (Fsp3) is 0.357. The van der Waals surface area contributed by atoms with E-state index in [9.17, 15) is 9.90 Å². The van der Waals surface area contributed by atoms with Crippen LogP contribution in [-0.2, 0) is 4.79 Å². The molecule has 0 aliphatic carbocycles. The average Bonchev–Trinajstić information content (AvgIpc) is 2.65. The van der Waals surface area contributed by atoms with Crippen LogP contribution < -0.4 is 0 Å². The molecule has 90 valence electrons. The van der Waals surface area contributed by atoms with Crippen molar-refractivity contribution >= 4 is 5.91 Å². The van der Waals surface area contributed by atoms with Gasteiger partial charge in [0.1, 0.15) is 0 Å². The SMILES string of the molecule is C=C[C@@H]1CN(C)C(=O)[C@H]1[C@H](O)c1ccccc1. The lowest BCUT2D eigenvalue weighted by Gasteiger charge is -2.20. The first kappa shape index (κ1) is 11.9. The smallest absolute Gasteiger partial charge is 0.229 e. The monoisotopic (exact) mass is 231 g/mol. The van der Waals surface area contributed by atoms with E-state index in [4.69, 9.17) is 0 Å². The van der Waals surface area contributed by atoms with E-state index in [-0.39, 0.29) is 11.8 Å². The number of carbonyl (C=O) groups is 1. The second-order valence-electron chi connectivity index (χ2n) is 4.50. The van der Waals surface area contributed by atoms with Crippen molar-refractivity contribution < 1.29 is 9.90 Å². The number of hydrogen-bond donors (Lipinski definition) is 1. The van der Waals surface area contributed by atoms with Crippen LogP contribution in [0.5, 0.6) is 0 Å². The molecule has 3 nitrogen and oxygen atoms in total. The molecular weight excluding hydrogens is 214 g/mol. The first-order chi connectivity index (χ1) is 8.15. The van der Waals surface area contributed by atoms with Gasteiger partial charge in [0.2, 0.25) is 5.91 Å². The summed E-state index contributed by atoms with van der Waals surface area (Å²) in [5, 5.41) is 10.3. The van der Waals surface area contributed by atoms with Gasteiger partial charge in [0.05, 0.1) is 12.0 Å². The van der Waals surface area contributed by atoms with Crippen molar-refractivity contribution in [3.63, 3.8) is 0 Å². The number of likely N-dealkylation sites (tertiary alicyclic amines) is 1. The maximum Gasteiger partial charge on any atom is 0.229 e. The summed E-state index contributed by atoms with van der Waals surface area (Å²) in [6.07, 6.45) is 1.01. The van der Waals surface area contributed by atoms with Gasteiger partial charge in [0.15, 0.2) is 0 Å². The molecule has 3 heteroatoms. The number of rotatable bonds is 3. The summed E-state index contributed by atoms with van der Waals surface area (Å²) in [5.74, 6) is -0.395. The Hall–Kier alpha value is -1.61.